The van der Waals surface area contributed by atoms with Crippen molar-refractivity contribution in [1.82, 2.24) is 20.2 Å². The summed E-state index contributed by atoms with van der Waals surface area (Å²) < 4.78 is 55.4. The lowest BCUT2D eigenvalue weighted by Gasteiger charge is -2.43. The zero-order valence-electron chi connectivity index (χ0n) is 28.1. The van der Waals surface area contributed by atoms with Crippen molar-refractivity contribution in [2.24, 2.45) is 13.0 Å². The van der Waals surface area contributed by atoms with Crippen LogP contribution < -0.4 is 19.5 Å². The summed E-state index contributed by atoms with van der Waals surface area (Å²) in [5, 5.41) is 16.3. The number of nitrogens with one attached hydrogen (secondary N) is 1. The number of rotatable bonds is 6. The largest absolute Gasteiger partial charge is 0.508 e. The highest BCUT2D eigenvalue weighted by Crippen LogP contribution is 2.44. The Kier molecular flexibility index (Phi) is 7.71. The van der Waals surface area contributed by atoms with Crippen molar-refractivity contribution in [1.29, 1.82) is 0 Å². The number of ether oxygens (including phenoxy) is 1. The van der Waals surface area contributed by atoms with Crippen LogP contribution in [0.3, 0.4) is 0 Å². The highest BCUT2D eigenvalue weighted by Gasteiger charge is 2.50. The number of aryl methyl sites for hydroxylation is 1. The monoisotopic (exact) mass is 661 g/mol. The van der Waals surface area contributed by atoms with Gasteiger partial charge in [-0.15, -0.1) is 0 Å². The zero-order chi connectivity index (χ0) is 33.5. The fourth-order valence-electron chi connectivity index (χ4n) is 9.24. The van der Waals surface area contributed by atoms with E-state index in [-0.39, 0.29) is 47.6 Å². The Labute approximate surface area is 278 Å². The van der Waals surface area contributed by atoms with E-state index in [9.17, 15) is 9.50 Å². The van der Waals surface area contributed by atoms with E-state index in [2.05, 4.69) is 29.0 Å². The Morgan fingerprint density at radius 1 is 1.12 bits per heavy atom. The summed E-state index contributed by atoms with van der Waals surface area (Å²) >= 11 is 0. The topological polar surface area (TPSA) is 77.6 Å². The molecular formula is C37H44F3N6O2+. The van der Waals surface area contributed by atoms with Crippen LogP contribution in [0, 0.1) is 24.5 Å². The molecule has 0 saturated carbocycles. The van der Waals surface area contributed by atoms with Crippen LogP contribution in [0.4, 0.5) is 19.0 Å². The minimum Gasteiger partial charge on any atom is -0.508 e. The fourth-order valence-corrected chi connectivity index (χ4v) is 9.24. The van der Waals surface area contributed by atoms with Crippen LogP contribution >= 0.6 is 0 Å². The van der Waals surface area contributed by atoms with Crippen LogP contribution in [0.1, 0.15) is 57.2 Å². The van der Waals surface area contributed by atoms with Gasteiger partial charge in [0.25, 0.3) is 5.69 Å². The number of nitrogens with zero attached hydrogens (tertiary/aromatic N) is 5. The van der Waals surface area contributed by atoms with Crippen molar-refractivity contribution in [3.63, 3.8) is 0 Å². The van der Waals surface area contributed by atoms with Crippen LogP contribution in [0.2, 0.25) is 0 Å². The van der Waals surface area contributed by atoms with E-state index >= 15 is 8.78 Å². The molecule has 3 fully saturated rings. The molecule has 8 nitrogen and oxygen atoms in total. The smallest absolute Gasteiger partial charge is 0.319 e. The lowest BCUT2D eigenvalue weighted by molar-refractivity contribution is -0.668. The molecule has 0 spiro atoms. The molecule has 2 aromatic heterocycles. The van der Waals surface area contributed by atoms with Gasteiger partial charge >= 0.3 is 6.01 Å². The van der Waals surface area contributed by atoms with Crippen molar-refractivity contribution in [3.8, 4) is 23.0 Å². The molecule has 254 valence electrons. The maximum absolute atomic E-state index is 17.5. The molecule has 0 amide bonds. The van der Waals surface area contributed by atoms with Gasteiger partial charge in [-0.05, 0) is 67.8 Å². The molecule has 3 saturated heterocycles. The highest BCUT2D eigenvalue weighted by molar-refractivity contribution is 6.01. The molecule has 4 aliphatic rings. The second kappa shape index (κ2) is 11.7. The third kappa shape index (κ3) is 4.82. The Balaban J connectivity index is 1.37. The van der Waals surface area contributed by atoms with Crippen molar-refractivity contribution in [2.45, 2.75) is 83.1 Å². The Morgan fingerprint density at radius 3 is 2.75 bits per heavy atom. The normalized spacial score (nSPS) is 27.0. The van der Waals surface area contributed by atoms with Crippen LogP contribution in [0.15, 0.2) is 24.3 Å². The molecule has 0 unspecified atom stereocenters. The molecule has 6 heterocycles. The van der Waals surface area contributed by atoms with E-state index in [1.54, 1.807) is 19.1 Å². The summed E-state index contributed by atoms with van der Waals surface area (Å²) in [6, 6.07) is 6.51. The molecule has 48 heavy (non-hydrogen) atoms. The van der Waals surface area contributed by atoms with Gasteiger partial charge in [0.2, 0.25) is 5.82 Å². The van der Waals surface area contributed by atoms with Crippen molar-refractivity contribution >= 4 is 27.5 Å². The van der Waals surface area contributed by atoms with E-state index < -0.39 is 23.3 Å². The third-order valence-electron chi connectivity index (χ3n) is 11.8. The van der Waals surface area contributed by atoms with Crippen LogP contribution in [-0.4, -0.2) is 76.6 Å². The van der Waals surface area contributed by atoms with E-state index in [1.807, 2.05) is 11.6 Å². The quantitative estimate of drug-likeness (QED) is 0.259. The summed E-state index contributed by atoms with van der Waals surface area (Å²) in [5.41, 5.74) is 1.61. The molecule has 8 rings (SSSR count). The summed E-state index contributed by atoms with van der Waals surface area (Å²) in [4.78, 5) is 14.4. The Bertz CT molecular complexity index is 1940. The molecule has 0 bridgehead atoms. The van der Waals surface area contributed by atoms with Crippen LogP contribution in [-0.2, 0) is 13.5 Å². The first-order valence-corrected chi connectivity index (χ1v) is 17.5. The summed E-state index contributed by atoms with van der Waals surface area (Å²) in [6.07, 6.45) is 3.83. The van der Waals surface area contributed by atoms with Gasteiger partial charge < -0.3 is 20.1 Å². The number of phenolic OH excluding ortho intramolecular Hbond substituents is 1. The number of anilines is 1. The van der Waals surface area contributed by atoms with Gasteiger partial charge in [-0.2, -0.15) is 18.9 Å². The van der Waals surface area contributed by atoms with Gasteiger partial charge in [0.05, 0.1) is 11.1 Å². The van der Waals surface area contributed by atoms with Crippen LogP contribution in [0.5, 0.6) is 11.8 Å². The minimum absolute atomic E-state index is 0.0374. The average Bonchev–Trinajstić information content (AvgIpc) is 3.56. The number of aromatic hydroxyl groups is 1. The van der Waals surface area contributed by atoms with E-state index in [0.29, 0.717) is 59.0 Å². The van der Waals surface area contributed by atoms with Gasteiger partial charge in [0.1, 0.15) is 42.3 Å². The van der Waals surface area contributed by atoms with Gasteiger partial charge in [-0.25, -0.2) is 8.78 Å². The number of aromatic nitrogens is 3. The zero-order valence-corrected chi connectivity index (χ0v) is 28.1. The number of piperazine rings is 1. The van der Waals surface area contributed by atoms with Crippen LogP contribution in [0.25, 0.3) is 32.9 Å². The molecule has 11 heteroatoms. The van der Waals surface area contributed by atoms with Crippen molar-refractivity contribution < 1.29 is 27.6 Å². The number of hydrogen-bond acceptors (Lipinski definition) is 7. The predicted molar refractivity (Wildman–Crippen MR) is 179 cm³/mol. The second-order valence-electron chi connectivity index (χ2n) is 14.5. The maximum atomic E-state index is 17.5. The standard InChI is InChI=1S/C37H43F3N6O2/c1-5-21-13-28-31-33(32(40)34(44(28)4)26-14-25(47)12-22-8-9-27(39)20(3)30(22)26)42-36(43-35(31)46-18-24(6-2)41-16-29(21)46)48-19-37-10-7-11-45(37)17-23(38)15-37/h8-9,12,14,21,23-24,29,41H,5-7,10-11,13,15-19H2,1-4H3/p+1/t21-,23-,24-,29-,37+/m1/s1. The van der Waals surface area contributed by atoms with E-state index in [1.165, 1.54) is 12.1 Å². The number of halogens is 3. The number of phenols is 1. The van der Waals surface area contributed by atoms with Crippen molar-refractivity contribution in [2.75, 3.05) is 37.7 Å². The third-order valence-corrected chi connectivity index (χ3v) is 11.8. The molecule has 0 radical (unpaired) electrons. The maximum Gasteiger partial charge on any atom is 0.319 e. The minimum atomic E-state index is -0.900. The number of alkyl halides is 1. The van der Waals surface area contributed by atoms with E-state index in [4.69, 9.17) is 14.7 Å². The molecule has 4 aromatic rings. The lowest BCUT2D eigenvalue weighted by atomic mass is 9.89. The average molecular weight is 662 g/mol. The molecule has 4 aliphatic heterocycles. The molecule has 0 aliphatic carbocycles. The van der Waals surface area contributed by atoms with Gasteiger partial charge in [0, 0.05) is 49.9 Å². The number of benzene rings is 2. The molecular weight excluding hydrogens is 617 g/mol. The van der Waals surface area contributed by atoms with Gasteiger partial charge in [-0.3, -0.25) is 4.90 Å². The number of fused-ring (bicyclic) bond motifs is 4. The second-order valence-corrected chi connectivity index (χ2v) is 14.5. The number of hydrogen-bond donors (Lipinski definition) is 2. The lowest BCUT2D eigenvalue weighted by Crippen LogP contribution is -2.59. The molecule has 5 atom stereocenters. The Morgan fingerprint density at radius 2 is 1.96 bits per heavy atom. The first kappa shape index (κ1) is 31.6. The van der Waals surface area contributed by atoms with Crippen molar-refractivity contribution in [3.05, 3.63) is 47.2 Å². The first-order chi connectivity index (χ1) is 23.1. The summed E-state index contributed by atoms with van der Waals surface area (Å²) in [6.45, 7) is 8.99. The molecule has 2 N–H and O–H groups in total. The highest BCUT2D eigenvalue weighted by atomic mass is 19.1. The Hall–Kier alpha value is -3.70. The van der Waals surface area contributed by atoms with Gasteiger partial charge in [0.15, 0.2) is 11.5 Å². The fraction of sp³-hybridized carbons (Fsp3) is 0.541. The summed E-state index contributed by atoms with van der Waals surface area (Å²) in [7, 11) is 1.84. The first-order valence-electron chi connectivity index (χ1n) is 17.5. The number of pyridine rings is 1. The summed E-state index contributed by atoms with van der Waals surface area (Å²) in [5.74, 6) is -0.137. The SMILES string of the molecule is CC[C@@H]1CN2c3nc(OC[C@@]45CCCN4C[C@H](F)C5)nc4c(F)c(-c5cc(O)cc6ccc(F)c(C)c56)[n+](C)c(c34)C[C@@H](CC)[C@H]2CN1. The van der Waals surface area contributed by atoms with Gasteiger partial charge in [-0.1, -0.05) is 26.3 Å². The van der Waals surface area contributed by atoms with E-state index in [0.717, 1.165) is 44.5 Å². The predicted octanol–water partition coefficient (Wildman–Crippen LogP) is 5.66. The molecule has 2 aromatic carbocycles.